The lowest BCUT2D eigenvalue weighted by Gasteiger charge is -2.15. The average molecular weight is 317 g/mol. The van der Waals surface area contributed by atoms with Crippen LogP contribution >= 0.6 is 0 Å². The quantitative estimate of drug-likeness (QED) is 0.352. The third-order valence-corrected chi connectivity index (χ3v) is 3.16. The summed E-state index contributed by atoms with van der Waals surface area (Å²) in [5.74, 6) is 0. The Hall–Kier alpha value is -2.05. The van der Waals surface area contributed by atoms with Crippen molar-refractivity contribution in [2.45, 2.75) is 46.7 Å². The van der Waals surface area contributed by atoms with Crippen LogP contribution in [0.2, 0.25) is 0 Å². The molecule has 1 aromatic heterocycles. The van der Waals surface area contributed by atoms with E-state index in [1.54, 1.807) is 0 Å². The molecule has 1 rings (SSSR count). The van der Waals surface area contributed by atoms with Crippen LogP contribution in [-0.4, -0.2) is 29.7 Å². The number of hydrogen-bond donors (Lipinski definition) is 3. The van der Waals surface area contributed by atoms with Crippen LogP contribution in [0.1, 0.15) is 38.3 Å². The zero-order valence-electron chi connectivity index (χ0n) is 14.4. The Morgan fingerprint density at radius 3 is 2.91 bits per heavy atom. The smallest absolute Gasteiger partial charge is 0.107 e. The number of aromatic nitrogens is 1. The van der Waals surface area contributed by atoms with Gasteiger partial charge in [-0.25, -0.2) is 4.99 Å². The Kier molecular flexibility index (Phi) is 8.79. The molecule has 0 spiro atoms. The molecule has 6 heteroatoms. The van der Waals surface area contributed by atoms with E-state index in [1.165, 1.54) is 0 Å². The minimum absolute atomic E-state index is 0.123. The number of nitrogens with one attached hydrogen (secondary N) is 3. The van der Waals surface area contributed by atoms with Gasteiger partial charge in [0.2, 0.25) is 0 Å². The van der Waals surface area contributed by atoms with Gasteiger partial charge in [-0.2, -0.15) is 5.48 Å². The van der Waals surface area contributed by atoms with Crippen molar-refractivity contribution >= 4 is 12.1 Å². The second-order valence-corrected chi connectivity index (χ2v) is 5.44. The fourth-order valence-corrected chi connectivity index (χ4v) is 2.07. The van der Waals surface area contributed by atoms with Crippen LogP contribution in [0.3, 0.4) is 0 Å². The first kappa shape index (κ1) is 19.0. The third-order valence-electron chi connectivity index (χ3n) is 3.16. The van der Waals surface area contributed by atoms with E-state index in [1.807, 2.05) is 46.3 Å². The van der Waals surface area contributed by atoms with Crippen molar-refractivity contribution in [3.63, 3.8) is 0 Å². The standard InChI is InChI=1S/C17H27N5O/c1-5-23-22-15(4)7-17(21-12-18)14(3)9-20-11-16-6-13(2)8-19-10-16/h6,8-10,12,15,18,20,22H,5,7,11H2,1-4H3/b14-9+,18-12?,21-17-. The number of allylic oxidation sites excluding steroid dienone is 1. The van der Waals surface area contributed by atoms with E-state index in [4.69, 9.17) is 10.2 Å². The fraction of sp³-hybridized carbons (Fsp3) is 0.471. The molecular weight excluding hydrogens is 290 g/mol. The molecule has 0 aromatic carbocycles. The van der Waals surface area contributed by atoms with E-state index < -0.39 is 0 Å². The number of nitrogens with zero attached hydrogens (tertiary/aromatic N) is 2. The van der Waals surface area contributed by atoms with Crippen molar-refractivity contribution in [3.8, 4) is 0 Å². The molecule has 1 aromatic rings. The lowest BCUT2D eigenvalue weighted by Crippen LogP contribution is -2.29. The number of aryl methyl sites for hydroxylation is 1. The summed E-state index contributed by atoms with van der Waals surface area (Å²) >= 11 is 0. The maximum atomic E-state index is 7.22. The van der Waals surface area contributed by atoms with Gasteiger partial charge in [-0.05, 0) is 44.4 Å². The van der Waals surface area contributed by atoms with Crippen molar-refractivity contribution < 1.29 is 4.84 Å². The third kappa shape index (κ3) is 7.67. The summed E-state index contributed by atoms with van der Waals surface area (Å²) in [5.41, 5.74) is 7.08. The number of aliphatic imine (C=N–C) groups is 1. The molecule has 1 unspecified atom stereocenters. The predicted octanol–water partition coefficient (Wildman–Crippen LogP) is 2.75. The summed E-state index contributed by atoms with van der Waals surface area (Å²) < 4.78 is 0. The summed E-state index contributed by atoms with van der Waals surface area (Å²) in [5, 5.41) is 10.5. The molecule has 0 radical (unpaired) electrons. The zero-order valence-corrected chi connectivity index (χ0v) is 14.4. The number of hydroxylamine groups is 1. The summed E-state index contributed by atoms with van der Waals surface area (Å²) in [6.45, 7) is 9.28. The number of pyridine rings is 1. The Morgan fingerprint density at radius 2 is 2.26 bits per heavy atom. The fourth-order valence-electron chi connectivity index (χ4n) is 2.07. The Labute approximate surface area is 138 Å². The van der Waals surface area contributed by atoms with Crippen molar-refractivity contribution in [3.05, 3.63) is 41.4 Å². The number of hydrogen-bond acceptors (Lipinski definition) is 5. The Morgan fingerprint density at radius 1 is 1.48 bits per heavy atom. The normalized spacial score (nSPS) is 13.7. The molecular formula is C17H27N5O. The molecule has 126 valence electrons. The predicted molar refractivity (Wildman–Crippen MR) is 94.6 cm³/mol. The molecule has 0 amide bonds. The summed E-state index contributed by atoms with van der Waals surface area (Å²) in [6.07, 6.45) is 7.38. The van der Waals surface area contributed by atoms with Crippen molar-refractivity contribution in [2.75, 3.05) is 6.61 Å². The highest BCUT2D eigenvalue weighted by atomic mass is 16.6. The Bertz CT molecular complexity index is 554. The average Bonchev–Trinajstić information content (AvgIpc) is 2.52. The van der Waals surface area contributed by atoms with Gasteiger partial charge in [0.05, 0.1) is 6.61 Å². The molecule has 3 N–H and O–H groups in total. The van der Waals surface area contributed by atoms with Crippen LogP contribution < -0.4 is 10.8 Å². The van der Waals surface area contributed by atoms with Gasteiger partial charge in [-0.3, -0.25) is 10.4 Å². The van der Waals surface area contributed by atoms with Gasteiger partial charge in [-0.15, -0.1) is 0 Å². The second-order valence-electron chi connectivity index (χ2n) is 5.44. The topological polar surface area (TPSA) is 82.4 Å². The monoisotopic (exact) mass is 317 g/mol. The molecule has 1 atom stereocenters. The molecule has 0 aliphatic heterocycles. The molecule has 1 heterocycles. The van der Waals surface area contributed by atoms with E-state index in [2.05, 4.69) is 26.8 Å². The first-order chi connectivity index (χ1) is 11.1. The van der Waals surface area contributed by atoms with Crippen LogP contribution in [-0.2, 0) is 11.4 Å². The maximum absolute atomic E-state index is 7.22. The molecule has 0 aliphatic rings. The molecule has 0 aliphatic carbocycles. The van der Waals surface area contributed by atoms with Crippen molar-refractivity contribution in [1.29, 1.82) is 5.41 Å². The summed E-state index contributed by atoms with van der Waals surface area (Å²) in [7, 11) is 0. The van der Waals surface area contributed by atoms with Crippen LogP contribution in [0, 0.1) is 12.3 Å². The highest BCUT2D eigenvalue weighted by Crippen LogP contribution is 2.05. The van der Waals surface area contributed by atoms with E-state index >= 15 is 0 Å². The van der Waals surface area contributed by atoms with Crippen LogP contribution in [0.15, 0.2) is 35.2 Å². The minimum Gasteiger partial charge on any atom is -0.386 e. The van der Waals surface area contributed by atoms with Gasteiger partial charge >= 0.3 is 0 Å². The van der Waals surface area contributed by atoms with E-state index in [9.17, 15) is 0 Å². The Balaban J connectivity index is 2.60. The van der Waals surface area contributed by atoms with Gasteiger partial charge in [0.25, 0.3) is 0 Å². The molecule has 23 heavy (non-hydrogen) atoms. The lowest BCUT2D eigenvalue weighted by molar-refractivity contribution is 0.0306. The molecule has 0 saturated heterocycles. The van der Waals surface area contributed by atoms with E-state index in [0.29, 0.717) is 19.6 Å². The zero-order chi connectivity index (χ0) is 17.1. The first-order valence-corrected chi connectivity index (χ1v) is 7.80. The van der Waals surface area contributed by atoms with Crippen molar-refractivity contribution in [1.82, 2.24) is 15.8 Å². The first-order valence-electron chi connectivity index (χ1n) is 7.80. The highest BCUT2D eigenvalue weighted by Gasteiger charge is 2.08. The van der Waals surface area contributed by atoms with Crippen LogP contribution in [0.4, 0.5) is 0 Å². The van der Waals surface area contributed by atoms with Gasteiger partial charge in [0.15, 0.2) is 0 Å². The largest absolute Gasteiger partial charge is 0.386 e. The lowest BCUT2D eigenvalue weighted by atomic mass is 10.1. The van der Waals surface area contributed by atoms with Crippen LogP contribution in [0.25, 0.3) is 0 Å². The maximum Gasteiger partial charge on any atom is 0.107 e. The van der Waals surface area contributed by atoms with Gasteiger partial charge < -0.3 is 10.2 Å². The van der Waals surface area contributed by atoms with E-state index in [-0.39, 0.29) is 6.04 Å². The van der Waals surface area contributed by atoms with Gasteiger partial charge in [0, 0.05) is 43.3 Å². The number of rotatable bonds is 10. The van der Waals surface area contributed by atoms with E-state index in [0.717, 1.165) is 28.8 Å². The summed E-state index contributed by atoms with van der Waals surface area (Å²) in [4.78, 5) is 13.5. The SMILES string of the molecule is CCONC(C)CC(=N/C=N)/C(C)=C/NCc1cncc(C)c1. The molecule has 0 bridgehead atoms. The molecule has 0 saturated carbocycles. The summed E-state index contributed by atoms with van der Waals surface area (Å²) in [6, 6.07) is 2.22. The second kappa shape index (κ2) is 10.6. The molecule has 6 nitrogen and oxygen atoms in total. The van der Waals surface area contributed by atoms with Gasteiger partial charge in [0.1, 0.15) is 6.34 Å². The van der Waals surface area contributed by atoms with Crippen molar-refractivity contribution in [2.24, 2.45) is 4.99 Å². The van der Waals surface area contributed by atoms with Gasteiger partial charge in [-0.1, -0.05) is 6.07 Å². The molecule has 0 fully saturated rings. The highest BCUT2D eigenvalue weighted by molar-refractivity contribution is 6.03. The minimum atomic E-state index is 0.123. The van der Waals surface area contributed by atoms with Crippen LogP contribution in [0.5, 0.6) is 0 Å².